The van der Waals surface area contributed by atoms with Crippen molar-refractivity contribution in [3.8, 4) is 11.5 Å². The predicted octanol–water partition coefficient (Wildman–Crippen LogP) is 4.19. The molecule has 3 rings (SSSR count). The number of benzene rings is 2. The van der Waals surface area contributed by atoms with Crippen LogP contribution in [0.1, 0.15) is 29.2 Å². The highest BCUT2D eigenvalue weighted by atomic mass is 127. The molecule has 0 saturated heterocycles. The third kappa shape index (κ3) is 4.24. The molecule has 0 atom stereocenters. The van der Waals surface area contributed by atoms with Crippen LogP contribution < -0.4 is 9.47 Å². The summed E-state index contributed by atoms with van der Waals surface area (Å²) in [7, 11) is 1.48. The quantitative estimate of drug-likeness (QED) is 0.278. The molecule has 0 radical (unpaired) electrons. The van der Waals surface area contributed by atoms with Gasteiger partial charge in [0.2, 0.25) is 5.90 Å². The summed E-state index contributed by atoms with van der Waals surface area (Å²) in [4.78, 5) is 27.9. The first kappa shape index (κ1) is 20.1. The highest BCUT2D eigenvalue weighted by Crippen LogP contribution is 2.35. The van der Waals surface area contributed by atoms with Crippen LogP contribution in [0, 0.1) is 17.4 Å². The summed E-state index contributed by atoms with van der Waals surface area (Å²) in [5.74, 6) is 0.0397. The van der Waals surface area contributed by atoms with Crippen LogP contribution in [-0.4, -0.2) is 24.9 Å². The molecule has 0 spiro atoms. The SMILES string of the molecule is COc1cc(C=C2N=C(c3ccc(C)c(C)c3)OC2=O)cc(I)c1OC(C)=O. The van der Waals surface area contributed by atoms with Crippen molar-refractivity contribution in [1.29, 1.82) is 0 Å². The first-order valence-corrected chi connectivity index (χ1v) is 9.52. The van der Waals surface area contributed by atoms with E-state index in [0.29, 0.717) is 20.6 Å². The summed E-state index contributed by atoms with van der Waals surface area (Å²) in [5, 5.41) is 0. The second-order valence-corrected chi connectivity index (χ2v) is 7.43. The van der Waals surface area contributed by atoms with Gasteiger partial charge in [0, 0.05) is 12.5 Å². The minimum absolute atomic E-state index is 0.186. The Kier molecular flexibility index (Phi) is 5.83. The molecule has 1 aliphatic heterocycles. The second kappa shape index (κ2) is 8.14. The van der Waals surface area contributed by atoms with Crippen molar-refractivity contribution in [2.24, 2.45) is 4.99 Å². The van der Waals surface area contributed by atoms with Crippen molar-refractivity contribution in [2.75, 3.05) is 7.11 Å². The summed E-state index contributed by atoms with van der Waals surface area (Å²) in [6.45, 7) is 5.33. The molecule has 0 unspecified atom stereocenters. The number of cyclic esters (lactones) is 1. The van der Waals surface area contributed by atoms with Crippen molar-refractivity contribution in [1.82, 2.24) is 0 Å². The maximum absolute atomic E-state index is 12.3. The number of rotatable bonds is 4. The standard InChI is InChI=1S/C21H18INO5/c1-11-5-6-15(7-12(11)2)20-23-17(21(25)28-20)9-14-8-16(22)19(27-13(3)24)18(10-14)26-4/h5-10H,1-4H3. The Morgan fingerprint density at radius 1 is 1.18 bits per heavy atom. The zero-order valence-corrected chi connectivity index (χ0v) is 18.0. The zero-order chi connectivity index (χ0) is 20.4. The number of esters is 2. The van der Waals surface area contributed by atoms with Gasteiger partial charge in [-0.2, -0.15) is 0 Å². The number of hydrogen-bond acceptors (Lipinski definition) is 6. The molecule has 0 bridgehead atoms. The normalized spacial score (nSPS) is 14.7. The van der Waals surface area contributed by atoms with Gasteiger partial charge in [0.05, 0.1) is 10.7 Å². The largest absolute Gasteiger partial charge is 0.493 e. The number of halogens is 1. The molecule has 6 nitrogen and oxygen atoms in total. The summed E-state index contributed by atoms with van der Waals surface area (Å²) in [5.41, 5.74) is 3.85. The molecule has 0 amide bonds. The van der Waals surface area contributed by atoms with Gasteiger partial charge in [0.15, 0.2) is 17.2 Å². The van der Waals surface area contributed by atoms with Gasteiger partial charge in [-0.05, 0) is 83.5 Å². The monoisotopic (exact) mass is 491 g/mol. The topological polar surface area (TPSA) is 74.2 Å². The number of nitrogens with zero attached hydrogens (tertiary/aromatic N) is 1. The van der Waals surface area contributed by atoms with Crippen molar-refractivity contribution < 1.29 is 23.8 Å². The van der Waals surface area contributed by atoms with E-state index in [-0.39, 0.29) is 11.6 Å². The van der Waals surface area contributed by atoms with E-state index in [2.05, 4.69) is 4.99 Å². The van der Waals surface area contributed by atoms with Gasteiger partial charge in [0.1, 0.15) is 0 Å². The summed E-state index contributed by atoms with van der Waals surface area (Å²) >= 11 is 2.04. The van der Waals surface area contributed by atoms with Gasteiger partial charge >= 0.3 is 11.9 Å². The maximum Gasteiger partial charge on any atom is 0.363 e. The molecular formula is C21H18INO5. The fourth-order valence-corrected chi connectivity index (χ4v) is 3.37. The van der Waals surface area contributed by atoms with E-state index in [4.69, 9.17) is 14.2 Å². The summed E-state index contributed by atoms with van der Waals surface area (Å²) in [6.07, 6.45) is 1.61. The van der Waals surface area contributed by atoms with Gasteiger partial charge in [-0.3, -0.25) is 4.79 Å². The lowest BCUT2D eigenvalue weighted by atomic mass is 10.1. The van der Waals surface area contributed by atoms with Gasteiger partial charge < -0.3 is 14.2 Å². The number of ether oxygens (including phenoxy) is 3. The van der Waals surface area contributed by atoms with E-state index in [0.717, 1.165) is 16.7 Å². The summed E-state index contributed by atoms with van der Waals surface area (Å²) in [6, 6.07) is 9.21. The number of carbonyl (C=O) groups excluding carboxylic acids is 2. The highest BCUT2D eigenvalue weighted by molar-refractivity contribution is 14.1. The fraction of sp³-hybridized carbons (Fsp3) is 0.190. The van der Waals surface area contributed by atoms with E-state index in [1.165, 1.54) is 14.0 Å². The Hall–Kier alpha value is -2.68. The van der Waals surface area contributed by atoms with E-state index in [9.17, 15) is 9.59 Å². The second-order valence-electron chi connectivity index (χ2n) is 6.26. The van der Waals surface area contributed by atoms with Crippen LogP contribution >= 0.6 is 22.6 Å². The predicted molar refractivity (Wildman–Crippen MR) is 114 cm³/mol. The van der Waals surface area contributed by atoms with Crippen molar-refractivity contribution >= 4 is 46.5 Å². The lowest BCUT2D eigenvalue weighted by molar-refractivity contribution is -0.132. The molecule has 0 saturated carbocycles. The number of aliphatic imine (C=N–C) groups is 1. The molecule has 1 heterocycles. The minimum Gasteiger partial charge on any atom is -0.493 e. The molecule has 28 heavy (non-hydrogen) atoms. The fourth-order valence-electron chi connectivity index (χ4n) is 2.63. The van der Waals surface area contributed by atoms with Crippen LogP contribution in [0.15, 0.2) is 41.0 Å². The van der Waals surface area contributed by atoms with E-state index < -0.39 is 11.9 Å². The molecule has 2 aromatic carbocycles. The van der Waals surface area contributed by atoms with E-state index >= 15 is 0 Å². The number of aryl methyl sites for hydroxylation is 2. The first-order chi connectivity index (χ1) is 13.3. The third-order valence-electron chi connectivity index (χ3n) is 4.18. The molecule has 0 aliphatic carbocycles. The van der Waals surface area contributed by atoms with Crippen molar-refractivity contribution in [3.63, 3.8) is 0 Å². The first-order valence-electron chi connectivity index (χ1n) is 8.44. The minimum atomic E-state index is -0.522. The molecule has 0 fully saturated rings. The zero-order valence-electron chi connectivity index (χ0n) is 15.8. The average molecular weight is 491 g/mol. The van der Waals surface area contributed by atoms with Crippen LogP contribution in [0.2, 0.25) is 0 Å². The molecule has 2 aromatic rings. The van der Waals surface area contributed by atoms with E-state index in [1.54, 1.807) is 18.2 Å². The smallest absolute Gasteiger partial charge is 0.363 e. The lowest BCUT2D eigenvalue weighted by Gasteiger charge is -2.11. The molecular weight excluding hydrogens is 473 g/mol. The third-order valence-corrected chi connectivity index (χ3v) is 4.98. The Morgan fingerprint density at radius 2 is 1.93 bits per heavy atom. The van der Waals surface area contributed by atoms with Gasteiger partial charge in [-0.15, -0.1) is 0 Å². The van der Waals surface area contributed by atoms with Crippen molar-refractivity contribution in [2.45, 2.75) is 20.8 Å². The number of methoxy groups -OCH3 is 1. The number of hydrogen-bond donors (Lipinski definition) is 0. The van der Waals surface area contributed by atoms with Crippen molar-refractivity contribution in [3.05, 3.63) is 61.9 Å². The highest BCUT2D eigenvalue weighted by Gasteiger charge is 2.25. The Morgan fingerprint density at radius 3 is 2.57 bits per heavy atom. The van der Waals surface area contributed by atoms with Crippen LogP contribution in [-0.2, 0) is 14.3 Å². The lowest BCUT2D eigenvalue weighted by Crippen LogP contribution is -2.06. The Balaban J connectivity index is 1.97. The van der Waals surface area contributed by atoms with Gasteiger partial charge in [0.25, 0.3) is 0 Å². The van der Waals surface area contributed by atoms with Gasteiger partial charge in [-0.25, -0.2) is 9.79 Å². The van der Waals surface area contributed by atoms with E-state index in [1.807, 2.05) is 54.6 Å². The van der Waals surface area contributed by atoms with Crippen LogP contribution in [0.3, 0.4) is 0 Å². The van der Waals surface area contributed by atoms with Crippen LogP contribution in [0.25, 0.3) is 6.08 Å². The molecule has 7 heteroatoms. The average Bonchev–Trinajstić information content (AvgIpc) is 2.99. The molecule has 144 valence electrons. The molecule has 0 N–H and O–H groups in total. The van der Waals surface area contributed by atoms with Gasteiger partial charge in [-0.1, -0.05) is 6.07 Å². The Labute approximate surface area is 176 Å². The Bertz CT molecular complexity index is 1040. The molecule has 0 aromatic heterocycles. The summed E-state index contributed by atoms with van der Waals surface area (Å²) < 4.78 is 16.5. The van der Waals surface area contributed by atoms with Crippen LogP contribution in [0.5, 0.6) is 11.5 Å². The molecule has 1 aliphatic rings. The number of carbonyl (C=O) groups is 2. The maximum atomic E-state index is 12.3. The van der Waals surface area contributed by atoms with Crippen LogP contribution in [0.4, 0.5) is 0 Å².